The van der Waals surface area contributed by atoms with Gasteiger partial charge >= 0.3 is 5.97 Å². The molecule has 6 nitrogen and oxygen atoms in total. The Hall–Kier alpha value is -1.51. The molecule has 0 saturated heterocycles. The number of benzene rings is 1. The summed E-state index contributed by atoms with van der Waals surface area (Å²) in [6, 6.07) is 2.37. The maximum Gasteiger partial charge on any atom is 0.339 e. The predicted octanol–water partition coefficient (Wildman–Crippen LogP) is 1.26. The third-order valence-electron chi connectivity index (χ3n) is 3.00. The second kappa shape index (κ2) is 7.66. The van der Waals surface area contributed by atoms with Crippen molar-refractivity contribution in [1.29, 1.82) is 0 Å². The van der Waals surface area contributed by atoms with Crippen LogP contribution in [0.4, 0.5) is 4.39 Å². The largest absolute Gasteiger partial charge is 0.465 e. The number of ether oxygens (including phenoxy) is 1. The summed E-state index contributed by atoms with van der Waals surface area (Å²) in [7, 11) is -2.97. The zero-order valence-corrected chi connectivity index (χ0v) is 13.6. The number of methoxy groups -OCH3 is 1. The van der Waals surface area contributed by atoms with Gasteiger partial charge in [0, 0.05) is 12.6 Å². The van der Waals surface area contributed by atoms with Gasteiger partial charge in [-0.15, -0.1) is 0 Å². The average Bonchev–Trinajstić information content (AvgIpc) is 2.44. The standard InChI is InChI=1S/C14H21FN2O4S/c1-9(2)6-11(8-16)17-22(19,20)13-7-10(15)4-5-12(13)14(18)21-3/h4-5,7,9,11,17H,6,8,16H2,1-3H3. The van der Waals surface area contributed by atoms with Gasteiger partial charge in [0.25, 0.3) is 0 Å². The highest BCUT2D eigenvalue weighted by molar-refractivity contribution is 7.89. The lowest BCUT2D eigenvalue weighted by atomic mass is 10.1. The van der Waals surface area contributed by atoms with E-state index in [1.165, 1.54) is 0 Å². The Morgan fingerprint density at radius 2 is 2.05 bits per heavy atom. The van der Waals surface area contributed by atoms with Crippen molar-refractivity contribution in [2.45, 2.75) is 31.2 Å². The minimum absolute atomic E-state index is 0.0975. The van der Waals surface area contributed by atoms with Gasteiger partial charge in [-0.05, 0) is 30.5 Å². The number of esters is 1. The van der Waals surface area contributed by atoms with Crippen LogP contribution in [0.2, 0.25) is 0 Å². The van der Waals surface area contributed by atoms with Crippen molar-refractivity contribution < 1.29 is 22.3 Å². The summed E-state index contributed by atoms with van der Waals surface area (Å²) >= 11 is 0. The molecule has 0 fully saturated rings. The smallest absolute Gasteiger partial charge is 0.339 e. The molecule has 0 aliphatic heterocycles. The van der Waals surface area contributed by atoms with Crippen LogP contribution >= 0.6 is 0 Å². The maximum absolute atomic E-state index is 13.4. The Labute approximate surface area is 129 Å². The second-order valence-electron chi connectivity index (χ2n) is 5.32. The van der Waals surface area contributed by atoms with E-state index < -0.39 is 32.7 Å². The molecule has 1 rings (SSSR count). The van der Waals surface area contributed by atoms with Crippen molar-refractivity contribution in [1.82, 2.24) is 4.72 Å². The summed E-state index contributed by atoms with van der Waals surface area (Å²) in [4.78, 5) is 11.2. The molecule has 1 atom stereocenters. The van der Waals surface area contributed by atoms with Gasteiger partial charge in [-0.2, -0.15) is 0 Å². The van der Waals surface area contributed by atoms with Crippen molar-refractivity contribution in [3.05, 3.63) is 29.6 Å². The zero-order chi connectivity index (χ0) is 16.9. The molecular formula is C14H21FN2O4S. The molecule has 3 N–H and O–H groups in total. The van der Waals surface area contributed by atoms with Gasteiger partial charge in [0.05, 0.1) is 17.6 Å². The summed E-state index contributed by atoms with van der Waals surface area (Å²) in [5.41, 5.74) is 5.34. The zero-order valence-electron chi connectivity index (χ0n) is 12.8. The number of rotatable bonds is 7. The van der Waals surface area contributed by atoms with Gasteiger partial charge in [-0.1, -0.05) is 13.8 Å². The van der Waals surface area contributed by atoms with Crippen molar-refractivity contribution in [3.8, 4) is 0 Å². The Kier molecular flexibility index (Phi) is 6.46. The molecule has 0 aliphatic carbocycles. The fourth-order valence-electron chi connectivity index (χ4n) is 2.04. The molecule has 0 aromatic heterocycles. The number of hydrogen-bond acceptors (Lipinski definition) is 5. The van der Waals surface area contributed by atoms with Gasteiger partial charge in [-0.3, -0.25) is 0 Å². The molecule has 0 amide bonds. The van der Waals surface area contributed by atoms with Crippen molar-refractivity contribution in [3.63, 3.8) is 0 Å². The number of sulfonamides is 1. The molecule has 124 valence electrons. The normalized spacial score (nSPS) is 13.2. The fourth-order valence-corrected chi connectivity index (χ4v) is 3.51. The summed E-state index contributed by atoms with van der Waals surface area (Å²) < 4.78 is 45.2. The first kappa shape index (κ1) is 18.5. The first-order chi connectivity index (χ1) is 10.2. The van der Waals surface area contributed by atoms with Crippen LogP contribution in [0.1, 0.15) is 30.6 Å². The first-order valence-electron chi connectivity index (χ1n) is 6.81. The average molecular weight is 332 g/mol. The number of nitrogens with two attached hydrogens (primary N) is 1. The summed E-state index contributed by atoms with van der Waals surface area (Å²) in [5, 5.41) is 0. The van der Waals surface area contributed by atoms with E-state index in [4.69, 9.17) is 5.73 Å². The molecule has 22 heavy (non-hydrogen) atoms. The molecule has 1 aromatic carbocycles. The van der Waals surface area contributed by atoms with Crippen LogP contribution in [0.3, 0.4) is 0 Å². The van der Waals surface area contributed by atoms with Crippen molar-refractivity contribution in [2.24, 2.45) is 11.7 Å². The van der Waals surface area contributed by atoms with Crippen LogP contribution in [-0.2, 0) is 14.8 Å². The molecule has 0 saturated carbocycles. The monoisotopic (exact) mass is 332 g/mol. The highest BCUT2D eigenvalue weighted by atomic mass is 32.2. The summed E-state index contributed by atoms with van der Waals surface area (Å²) in [6.45, 7) is 3.96. The highest BCUT2D eigenvalue weighted by Crippen LogP contribution is 2.19. The predicted molar refractivity (Wildman–Crippen MR) is 80.4 cm³/mol. The number of carbonyl (C=O) groups excluding carboxylic acids is 1. The molecule has 0 bridgehead atoms. The Balaban J connectivity index is 3.21. The topological polar surface area (TPSA) is 98.5 Å². The molecule has 8 heteroatoms. The first-order valence-corrected chi connectivity index (χ1v) is 8.29. The van der Waals surface area contributed by atoms with Crippen LogP contribution in [0.15, 0.2) is 23.1 Å². The second-order valence-corrected chi connectivity index (χ2v) is 7.00. The van der Waals surface area contributed by atoms with Gasteiger partial charge < -0.3 is 10.5 Å². The minimum Gasteiger partial charge on any atom is -0.465 e. The van der Waals surface area contributed by atoms with E-state index >= 15 is 0 Å². The van der Waals surface area contributed by atoms with Gasteiger partial charge in [0.15, 0.2) is 0 Å². The van der Waals surface area contributed by atoms with Crippen LogP contribution in [0, 0.1) is 11.7 Å². The lowest BCUT2D eigenvalue weighted by molar-refractivity contribution is 0.0596. The summed E-state index contributed by atoms with van der Waals surface area (Å²) in [6.07, 6.45) is 0.526. The van der Waals surface area contributed by atoms with Crippen molar-refractivity contribution in [2.75, 3.05) is 13.7 Å². The lowest BCUT2D eigenvalue weighted by Gasteiger charge is -2.19. The highest BCUT2D eigenvalue weighted by Gasteiger charge is 2.26. The van der Waals surface area contributed by atoms with E-state index in [9.17, 15) is 17.6 Å². The molecule has 1 aromatic rings. The van der Waals surface area contributed by atoms with E-state index in [-0.39, 0.29) is 18.0 Å². The number of nitrogens with one attached hydrogen (secondary N) is 1. The maximum atomic E-state index is 13.4. The summed E-state index contributed by atoms with van der Waals surface area (Å²) in [5.74, 6) is -1.39. The number of carbonyl (C=O) groups is 1. The van der Waals surface area contributed by atoms with E-state index in [0.717, 1.165) is 25.3 Å². The van der Waals surface area contributed by atoms with Crippen molar-refractivity contribution >= 4 is 16.0 Å². The van der Waals surface area contributed by atoms with Gasteiger partial charge in [-0.25, -0.2) is 22.3 Å². The number of halogens is 1. The molecule has 0 radical (unpaired) electrons. The third kappa shape index (κ3) is 4.75. The Bertz CT molecular complexity index is 632. The molecule has 0 heterocycles. The Morgan fingerprint density at radius 1 is 1.41 bits per heavy atom. The minimum atomic E-state index is -4.10. The molecule has 0 aliphatic rings. The molecule has 1 unspecified atom stereocenters. The fraction of sp³-hybridized carbons (Fsp3) is 0.500. The van der Waals surface area contributed by atoms with E-state index in [2.05, 4.69) is 9.46 Å². The SMILES string of the molecule is COC(=O)c1ccc(F)cc1S(=O)(=O)NC(CN)CC(C)C. The molecular weight excluding hydrogens is 311 g/mol. The van der Waals surface area contributed by atoms with Crippen LogP contribution in [0.25, 0.3) is 0 Å². The third-order valence-corrected chi connectivity index (χ3v) is 4.56. The van der Waals surface area contributed by atoms with E-state index in [1.54, 1.807) is 0 Å². The lowest BCUT2D eigenvalue weighted by Crippen LogP contribution is -2.41. The van der Waals surface area contributed by atoms with E-state index in [1.807, 2.05) is 13.8 Å². The van der Waals surface area contributed by atoms with Crippen LogP contribution < -0.4 is 10.5 Å². The van der Waals surface area contributed by atoms with Gasteiger partial charge in [0.1, 0.15) is 5.82 Å². The molecule has 0 spiro atoms. The Morgan fingerprint density at radius 3 is 2.55 bits per heavy atom. The van der Waals surface area contributed by atoms with Gasteiger partial charge in [0.2, 0.25) is 10.0 Å². The quantitative estimate of drug-likeness (QED) is 0.733. The van der Waals surface area contributed by atoms with Crippen LogP contribution in [-0.4, -0.2) is 34.1 Å². The number of hydrogen-bond donors (Lipinski definition) is 2. The van der Waals surface area contributed by atoms with E-state index in [0.29, 0.717) is 6.42 Å². The van der Waals surface area contributed by atoms with Crippen LogP contribution in [0.5, 0.6) is 0 Å².